The molecule has 0 aliphatic carbocycles. The van der Waals surface area contributed by atoms with Crippen molar-refractivity contribution in [1.29, 1.82) is 0 Å². The van der Waals surface area contributed by atoms with Gasteiger partial charge in [0, 0.05) is 28.0 Å². The zero-order valence-corrected chi connectivity index (χ0v) is 13.3. The first-order valence-corrected chi connectivity index (χ1v) is 7.39. The first-order chi connectivity index (χ1) is 10.0. The largest absolute Gasteiger partial charge is 0.497 e. The summed E-state index contributed by atoms with van der Waals surface area (Å²) >= 11 is 9.26. The SMILES string of the molecule is COc1ccc([N+](=O)[O-])c(Oc2ccc(Cl)cc2CBr)c1. The van der Waals surface area contributed by atoms with Crippen molar-refractivity contribution in [2.24, 2.45) is 0 Å². The Bertz CT molecular complexity index is 678. The zero-order chi connectivity index (χ0) is 15.4. The Morgan fingerprint density at radius 1 is 1.24 bits per heavy atom. The highest BCUT2D eigenvalue weighted by Gasteiger charge is 2.18. The minimum atomic E-state index is -0.501. The molecule has 0 atom stereocenters. The average Bonchev–Trinajstić information content (AvgIpc) is 2.48. The normalized spacial score (nSPS) is 10.2. The Kier molecular flexibility index (Phi) is 5.03. The Hall–Kier alpha value is -1.79. The smallest absolute Gasteiger partial charge is 0.311 e. The maximum atomic E-state index is 11.1. The highest BCUT2D eigenvalue weighted by Crippen LogP contribution is 2.36. The molecule has 0 saturated carbocycles. The molecule has 0 spiro atoms. The second-order valence-electron chi connectivity index (χ2n) is 4.08. The highest BCUT2D eigenvalue weighted by molar-refractivity contribution is 9.08. The maximum Gasteiger partial charge on any atom is 0.311 e. The van der Waals surface area contributed by atoms with E-state index in [-0.39, 0.29) is 11.4 Å². The third kappa shape index (κ3) is 3.65. The summed E-state index contributed by atoms with van der Waals surface area (Å²) in [5.74, 6) is 1.08. The summed E-state index contributed by atoms with van der Waals surface area (Å²) in [6.45, 7) is 0. The molecule has 2 rings (SSSR count). The fourth-order valence-corrected chi connectivity index (χ4v) is 2.36. The van der Waals surface area contributed by atoms with Crippen LogP contribution in [0.1, 0.15) is 5.56 Å². The first kappa shape index (κ1) is 15.6. The molecule has 0 N–H and O–H groups in total. The van der Waals surface area contributed by atoms with E-state index in [1.54, 1.807) is 18.2 Å². The zero-order valence-electron chi connectivity index (χ0n) is 11.0. The lowest BCUT2D eigenvalue weighted by Gasteiger charge is -2.11. The van der Waals surface area contributed by atoms with Gasteiger partial charge in [-0.2, -0.15) is 0 Å². The van der Waals surface area contributed by atoms with E-state index in [0.717, 1.165) is 5.56 Å². The lowest BCUT2D eigenvalue weighted by atomic mass is 10.2. The summed E-state index contributed by atoms with van der Waals surface area (Å²) in [4.78, 5) is 10.6. The standard InChI is InChI=1S/C14H11BrClNO4/c1-20-11-3-4-12(17(18)19)14(7-11)21-13-5-2-10(16)6-9(13)8-15/h2-7H,8H2,1H3. The molecular weight excluding hydrogens is 362 g/mol. The van der Waals surface area contributed by atoms with Crippen molar-refractivity contribution >= 4 is 33.2 Å². The second-order valence-corrected chi connectivity index (χ2v) is 5.08. The highest BCUT2D eigenvalue weighted by atomic mass is 79.9. The number of hydrogen-bond acceptors (Lipinski definition) is 4. The first-order valence-electron chi connectivity index (χ1n) is 5.90. The van der Waals surface area contributed by atoms with Gasteiger partial charge in [-0.3, -0.25) is 10.1 Å². The number of hydrogen-bond donors (Lipinski definition) is 0. The minimum Gasteiger partial charge on any atom is -0.497 e. The molecule has 0 bridgehead atoms. The van der Waals surface area contributed by atoms with Gasteiger partial charge in [-0.05, 0) is 24.3 Å². The molecule has 0 saturated heterocycles. The summed E-state index contributed by atoms with van der Waals surface area (Å²) < 4.78 is 10.8. The molecule has 2 aromatic carbocycles. The van der Waals surface area contributed by atoms with Crippen LogP contribution in [0.4, 0.5) is 5.69 Å². The number of rotatable bonds is 5. The summed E-state index contributed by atoms with van der Waals surface area (Å²) in [7, 11) is 1.48. The van der Waals surface area contributed by atoms with Crippen molar-refractivity contribution < 1.29 is 14.4 Å². The molecular formula is C14H11BrClNO4. The van der Waals surface area contributed by atoms with Crippen molar-refractivity contribution in [3.63, 3.8) is 0 Å². The van der Waals surface area contributed by atoms with Gasteiger partial charge in [-0.15, -0.1) is 0 Å². The molecule has 0 unspecified atom stereocenters. The van der Waals surface area contributed by atoms with Gasteiger partial charge in [0.05, 0.1) is 12.0 Å². The molecule has 0 heterocycles. The van der Waals surface area contributed by atoms with E-state index >= 15 is 0 Å². The maximum absolute atomic E-state index is 11.1. The lowest BCUT2D eigenvalue weighted by Crippen LogP contribution is -1.96. The molecule has 7 heteroatoms. The van der Waals surface area contributed by atoms with Crippen molar-refractivity contribution in [3.8, 4) is 17.2 Å². The van der Waals surface area contributed by atoms with Crippen LogP contribution in [0.2, 0.25) is 5.02 Å². The fraction of sp³-hybridized carbons (Fsp3) is 0.143. The van der Waals surface area contributed by atoms with Gasteiger partial charge < -0.3 is 9.47 Å². The Labute approximate surface area is 134 Å². The predicted octanol–water partition coefficient (Wildman–Crippen LogP) is 4.94. The van der Waals surface area contributed by atoms with Gasteiger partial charge in [0.2, 0.25) is 5.75 Å². The quantitative estimate of drug-likeness (QED) is 0.423. The molecule has 0 fully saturated rings. The number of alkyl halides is 1. The van der Waals surface area contributed by atoms with Gasteiger partial charge in [0.25, 0.3) is 0 Å². The topological polar surface area (TPSA) is 61.6 Å². The van der Waals surface area contributed by atoms with Gasteiger partial charge in [0.15, 0.2) is 0 Å². The van der Waals surface area contributed by atoms with Gasteiger partial charge in [-0.1, -0.05) is 27.5 Å². The molecule has 0 aromatic heterocycles. The number of halogens is 2. The summed E-state index contributed by atoms with van der Waals surface area (Å²) in [6.07, 6.45) is 0. The van der Waals surface area contributed by atoms with Crippen LogP contribution in [0.15, 0.2) is 36.4 Å². The van der Waals surface area contributed by atoms with Crippen LogP contribution in [-0.2, 0) is 5.33 Å². The summed E-state index contributed by atoms with van der Waals surface area (Å²) in [5, 5.41) is 12.2. The fourth-order valence-electron chi connectivity index (χ4n) is 1.72. The van der Waals surface area contributed by atoms with Crippen molar-refractivity contribution in [1.82, 2.24) is 0 Å². The number of nitrogens with zero attached hydrogens (tertiary/aromatic N) is 1. The van der Waals surface area contributed by atoms with Gasteiger partial charge >= 0.3 is 5.69 Å². The molecule has 110 valence electrons. The van der Waals surface area contributed by atoms with Crippen LogP contribution in [0, 0.1) is 10.1 Å². The summed E-state index contributed by atoms with van der Waals surface area (Å²) in [6, 6.07) is 9.40. The number of methoxy groups -OCH3 is 1. The Morgan fingerprint density at radius 3 is 2.62 bits per heavy atom. The molecule has 0 aliphatic rings. The second kappa shape index (κ2) is 6.78. The van der Waals surface area contributed by atoms with Crippen molar-refractivity contribution in [2.45, 2.75) is 5.33 Å². The van der Waals surface area contributed by atoms with E-state index in [0.29, 0.717) is 21.9 Å². The molecule has 0 radical (unpaired) electrons. The van der Waals surface area contributed by atoms with Crippen LogP contribution in [0.25, 0.3) is 0 Å². The molecule has 0 aliphatic heterocycles. The van der Waals surface area contributed by atoms with Crippen LogP contribution in [0.3, 0.4) is 0 Å². The predicted molar refractivity (Wildman–Crippen MR) is 83.8 cm³/mol. The number of nitro benzene ring substituents is 1. The van der Waals surface area contributed by atoms with Gasteiger partial charge in [0.1, 0.15) is 11.5 Å². The molecule has 21 heavy (non-hydrogen) atoms. The monoisotopic (exact) mass is 371 g/mol. The lowest BCUT2D eigenvalue weighted by molar-refractivity contribution is -0.385. The molecule has 2 aromatic rings. The average molecular weight is 373 g/mol. The number of nitro groups is 1. The van der Waals surface area contributed by atoms with E-state index in [1.807, 2.05) is 0 Å². The Morgan fingerprint density at radius 2 is 2.00 bits per heavy atom. The van der Waals surface area contributed by atoms with Crippen LogP contribution >= 0.6 is 27.5 Å². The van der Waals surface area contributed by atoms with E-state index in [2.05, 4.69) is 15.9 Å². The van der Waals surface area contributed by atoms with E-state index in [9.17, 15) is 10.1 Å². The summed E-state index contributed by atoms with van der Waals surface area (Å²) in [5.41, 5.74) is 0.658. The van der Waals surface area contributed by atoms with E-state index in [4.69, 9.17) is 21.1 Å². The third-order valence-electron chi connectivity index (χ3n) is 2.75. The van der Waals surface area contributed by atoms with E-state index < -0.39 is 4.92 Å². The van der Waals surface area contributed by atoms with Crippen LogP contribution in [0.5, 0.6) is 17.2 Å². The number of benzene rings is 2. The van der Waals surface area contributed by atoms with Gasteiger partial charge in [-0.25, -0.2) is 0 Å². The Balaban J connectivity index is 2.45. The number of ether oxygens (including phenoxy) is 2. The molecule has 5 nitrogen and oxygen atoms in total. The molecule has 0 amide bonds. The minimum absolute atomic E-state index is 0.115. The van der Waals surface area contributed by atoms with Crippen molar-refractivity contribution in [2.75, 3.05) is 7.11 Å². The third-order valence-corrected chi connectivity index (χ3v) is 3.59. The van der Waals surface area contributed by atoms with E-state index in [1.165, 1.54) is 25.3 Å². The van der Waals surface area contributed by atoms with Crippen molar-refractivity contribution in [3.05, 3.63) is 57.1 Å². The van der Waals surface area contributed by atoms with Crippen LogP contribution in [-0.4, -0.2) is 12.0 Å². The van der Waals surface area contributed by atoms with Crippen LogP contribution < -0.4 is 9.47 Å².